The largest absolute Gasteiger partial charge is 0.463 e. The maximum atomic E-state index is 13.0. The Hall–Kier alpha value is -2.28. The third-order valence-electron chi connectivity index (χ3n) is 5.11. The molecule has 1 aliphatic rings. The molecule has 1 saturated heterocycles. The monoisotopic (exact) mass is 420 g/mol. The number of benzene rings is 1. The smallest absolute Gasteiger partial charge is 0.274 e. The molecule has 1 fully saturated rings. The fraction of sp³-hybridized carbons (Fsp3) is 0.300. The molecule has 0 aliphatic carbocycles. The molecule has 3 heterocycles. The van der Waals surface area contributed by atoms with Crippen molar-refractivity contribution in [1.82, 2.24) is 14.7 Å². The van der Waals surface area contributed by atoms with Gasteiger partial charge in [0.1, 0.15) is 5.69 Å². The number of hydrogen-bond acceptors (Lipinski definition) is 4. The zero-order valence-corrected chi connectivity index (χ0v) is 17.0. The van der Waals surface area contributed by atoms with Crippen molar-refractivity contribution in [3.05, 3.63) is 59.4 Å². The summed E-state index contributed by atoms with van der Waals surface area (Å²) in [7, 11) is 0. The van der Waals surface area contributed by atoms with Gasteiger partial charge >= 0.3 is 0 Å². The van der Waals surface area contributed by atoms with Gasteiger partial charge in [-0.25, -0.2) is 4.68 Å². The Morgan fingerprint density at radius 1 is 1.32 bits per heavy atom. The lowest BCUT2D eigenvalue weighted by Crippen LogP contribution is -2.34. The molecule has 28 heavy (non-hydrogen) atoms. The minimum Gasteiger partial charge on any atom is -0.463 e. The van der Waals surface area contributed by atoms with Crippen molar-refractivity contribution in [2.45, 2.75) is 13.3 Å². The van der Waals surface area contributed by atoms with Gasteiger partial charge in [0.2, 0.25) is 0 Å². The molecule has 2 aromatic heterocycles. The van der Waals surface area contributed by atoms with Crippen molar-refractivity contribution >= 4 is 29.9 Å². The van der Waals surface area contributed by atoms with Crippen LogP contribution < -0.4 is 5.73 Å². The van der Waals surface area contributed by atoms with Crippen LogP contribution in [0.1, 0.15) is 23.8 Å². The number of likely N-dealkylation sites (tertiary alicyclic amines) is 1. The first kappa shape index (κ1) is 20.5. The van der Waals surface area contributed by atoms with Gasteiger partial charge in [0.05, 0.1) is 12.0 Å². The molecule has 1 aliphatic heterocycles. The van der Waals surface area contributed by atoms with Crippen molar-refractivity contribution < 1.29 is 9.21 Å². The minimum atomic E-state index is -0.0901. The second kappa shape index (κ2) is 7.99. The van der Waals surface area contributed by atoms with Gasteiger partial charge in [0, 0.05) is 24.2 Å². The summed E-state index contributed by atoms with van der Waals surface area (Å²) in [5.74, 6) is 0.553. The van der Waals surface area contributed by atoms with Crippen molar-refractivity contribution in [2.75, 3.05) is 19.6 Å². The van der Waals surface area contributed by atoms with E-state index in [9.17, 15) is 4.79 Å². The highest BCUT2D eigenvalue weighted by atomic mass is 35.5. The van der Waals surface area contributed by atoms with E-state index >= 15 is 0 Å². The molecule has 6 nitrogen and oxygen atoms in total. The van der Waals surface area contributed by atoms with Crippen LogP contribution in [-0.4, -0.2) is 40.2 Å². The highest BCUT2D eigenvalue weighted by Gasteiger charge is 2.36. The van der Waals surface area contributed by atoms with Gasteiger partial charge in [-0.2, -0.15) is 5.10 Å². The Labute approximate surface area is 174 Å². The number of nitrogens with zero attached hydrogens (tertiary/aromatic N) is 3. The lowest BCUT2D eigenvalue weighted by molar-refractivity contribution is 0.0770. The van der Waals surface area contributed by atoms with E-state index in [1.807, 2.05) is 29.2 Å². The summed E-state index contributed by atoms with van der Waals surface area (Å²) in [4.78, 5) is 14.9. The average Bonchev–Trinajstić information content (AvgIpc) is 3.41. The summed E-state index contributed by atoms with van der Waals surface area (Å²) in [5.41, 5.74) is 7.74. The van der Waals surface area contributed by atoms with E-state index in [1.165, 1.54) is 0 Å². The van der Waals surface area contributed by atoms with Crippen molar-refractivity contribution in [2.24, 2.45) is 11.1 Å². The predicted molar refractivity (Wildman–Crippen MR) is 111 cm³/mol. The van der Waals surface area contributed by atoms with Crippen LogP contribution in [0.5, 0.6) is 0 Å². The zero-order chi connectivity index (χ0) is 19.0. The van der Waals surface area contributed by atoms with Gasteiger partial charge in [0.25, 0.3) is 5.91 Å². The summed E-state index contributed by atoms with van der Waals surface area (Å²) in [6.07, 6.45) is 2.50. The topological polar surface area (TPSA) is 77.3 Å². The zero-order valence-electron chi connectivity index (χ0n) is 15.5. The lowest BCUT2D eigenvalue weighted by atomic mass is 9.90. The van der Waals surface area contributed by atoms with E-state index in [1.54, 1.807) is 29.1 Å². The van der Waals surface area contributed by atoms with Gasteiger partial charge in [-0.15, -0.1) is 12.4 Å². The first-order valence-corrected chi connectivity index (χ1v) is 9.26. The highest BCUT2D eigenvalue weighted by Crippen LogP contribution is 2.31. The fourth-order valence-corrected chi connectivity index (χ4v) is 3.52. The van der Waals surface area contributed by atoms with Gasteiger partial charge in [0.15, 0.2) is 11.5 Å². The molecular formula is C20H22Cl2N4O2. The number of rotatable bonds is 4. The molecule has 1 unspecified atom stereocenters. The second-order valence-electron chi connectivity index (χ2n) is 7.27. The van der Waals surface area contributed by atoms with Crippen LogP contribution in [-0.2, 0) is 0 Å². The number of carbonyl (C=O) groups is 1. The number of nitrogens with two attached hydrogens (primary N) is 1. The molecule has 8 heteroatoms. The summed E-state index contributed by atoms with van der Waals surface area (Å²) < 4.78 is 7.26. The number of halogens is 2. The molecule has 148 valence electrons. The van der Waals surface area contributed by atoms with E-state index in [-0.39, 0.29) is 23.7 Å². The molecule has 4 rings (SSSR count). The normalized spacial score (nSPS) is 18.9. The first-order chi connectivity index (χ1) is 13.0. The van der Waals surface area contributed by atoms with Crippen LogP contribution >= 0.6 is 24.0 Å². The van der Waals surface area contributed by atoms with E-state index < -0.39 is 0 Å². The van der Waals surface area contributed by atoms with Gasteiger partial charge < -0.3 is 15.1 Å². The number of amides is 1. The summed E-state index contributed by atoms with van der Waals surface area (Å²) in [6.45, 7) is 4.01. The van der Waals surface area contributed by atoms with Crippen LogP contribution in [0.25, 0.3) is 17.1 Å². The third kappa shape index (κ3) is 3.81. The quantitative estimate of drug-likeness (QED) is 0.691. The predicted octanol–water partition coefficient (Wildman–Crippen LogP) is 4.02. The number of hydrogen-bond donors (Lipinski definition) is 1. The van der Waals surface area contributed by atoms with Gasteiger partial charge in [-0.3, -0.25) is 4.79 Å². The van der Waals surface area contributed by atoms with Crippen molar-refractivity contribution in [3.8, 4) is 17.1 Å². The molecule has 0 radical (unpaired) electrons. The Bertz CT molecular complexity index is 953. The van der Waals surface area contributed by atoms with Gasteiger partial charge in [-0.1, -0.05) is 18.5 Å². The Morgan fingerprint density at radius 2 is 2.07 bits per heavy atom. The molecular weight excluding hydrogens is 399 g/mol. The Balaban J connectivity index is 0.00000225. The van der Waals surface area contributed by atoms with Gasteiger partial charge in [-0.05, 0) is 54.8 Å². The molecule has 1 amide bonds. The van der Waals surface area contributed by atoms with Crippen molar-refractivity contribution in [1.29, 1.82) is 0 Å². The average molecular weight is 421 g/mol. The van der Waals surface area contributed by atoms with E-state index in [4.69, 9.17) is 21.8 Å². The minimum absolute atomic E-state index is 0. The van der Waals surface area contributed by atoms with E-state index in [0.717, 1.165) is 12.1 Å². The first-order valence-electron chi connectivity index (χ1n) is 8.88. The molecule has 0 saturated carbocycles. The van der Waals surface area contributed by atoms with Crippen LogP contribution in [0.4, 0.5) is 0 Å². The number of aromatic nitrogens is 2. The molecule has 1 aromatic carbocycles. The molecule has 2 N–H and O–H groups in total. The van der Waals surface area contributed by atoms with Crippen LogP contribution in [0, 0.1) is 5.41 Å². The maximum absolute atomic E-state index is 13.0. The SMILES string of the molecule is CC1(CN)CCN(C(=O)c2cc(-c3ccco3)n(-c3ccc(Cl)cc3)n2)C1.Cl. The van der Waals surface area contributed by atoms with E-state index in [0.29, 0.717) is 41.8 Å². The summed E-state index contributed by atoms with van der Waals surface area (Å²) in [5, 5.41) is 5.21. The highest BCUT2D eigenvalue weighted by molar-refractivity contribution is 6.30. The Morgan fingerprint density at radius 3 is 2.68 bits per heavy atom. The standard InChI is InChI=1S/C20H21ClN4O2.ClH/c1-20(12-22)8-9-24(13-20)19(26)16-11-17(18-3-2-10-27-18)25(23-16)15-6-4-14(21)5-7-15;/h2-7,10-11H,8-9,12-13,22H2,1H3;1H. The molecule has 0 spiro atoms. The van der Waals surface area contributed by atoms with Crippen LogP contribution in [0.2, 0.25) is 5.02 Å². The summed E-state index contributed by atoms with van der Waals surface area (Å²) in [6, 6.07) is 12.7. The molecule has 1 atom stereocenters. The second-order valence-corrected chi connectivity index (χ2v) is 7.71. The van der Waals surface area contributed by atoms with Crippen LogP contribution in [0.15, 0.2) is 53.1 Å². The lowest BCUT2D eigenvalue weighted by Gasteiger charge is -2.22. The van der Waals surface area contributed by atoms with Crippen molar-refractivity contribution in [3.63, 3.8) is 0 Å². The van der Waals surface area contributed by atoms with E-state index in [2.05, 4.69) is 12.0 Å². The molecule has 0 bridgehead atoms. The number of furan rings is 1. The molecule has 3 aromatic rings. The van der Waals surface area contributed by atoms with Crippen LogP contribution in [0.3, 0.4) is 0 Å². The maximum Gasteiger partial charge on any atom is 0.274 e. The fourth-order valence-electron chi connectivity index (χ4n) is 3.39. The Kier molecular flexibility index (Phi) is 5.84. The third-order valence-corrected chi connectivity index (χ3v) is 5.36. The summed E-state index contributed by atoms with van der Waals surface area (Å²) >= 11 is 6.00. The number of carbonyl (C=O) groups excluding carboxylic acids is 1.